The normalized spacial score (nSPS) is 10.8. The van der Waals surface area contributed by atoms with E-state index in [4.69, 9.17) is 0 Å². The van der Waals surface area contributed by atoms with Gasteiger partial charge in [-0.15, -0.1) is 11.3 Å². The molecule has 0 unspecified atom stereocenters. The van der Waals surface area contributed by atoms with Crippen LogP contribution < -0.4 is 5.32 Å². The maximum atomic E-state index is 13.2. The Bertz CT molecular complexity index is 522. The fourth-order valence-electron chi connectivity index (χ4n) is 1.72. The van der Waals surface area contributed by atoms with Crippen molar-refractivity contribution in [1.82, 2.24) is 10.3 Å². The molecule has 1 heterocycles. The summed E-state index contributed by atoms with van der Waals surface area (Å²) < 4.78 is 13.2. The first-order chi connectivity index (χ1) is 8.70. The zero-order chi connectivity index (χ0) is 13.0. The maximum absolute atomic E-state index is 13.2. The summed E-state index contributed by atoms with van der Waals surface area (Å²) in [6, 6.07) is 6.59. The van der Waals surface area contributed by atoms with E-state index in [1.54, 1.807) is 17.4 Å². The number of aromatic nitrogens is 1. The fourth-order valence-corrected chi connectivity index (χ4v) is 2.74. The molecule has 1 N–H and O–H groups in total. The first-order valence-corrected chi connectivity index (χ1v) is 6.95. The van der Waals surface area contributed by atoms with E-state index in [0.29, 0.717) is 0 Å². The summed E-state index contributed by atoms with van der Waals surface area (Å²) in [6.45, 7) is 5.99. The molecule has 0 saturated carbocycles. The highest BCUT2D eigenvalue weighted by Crippen LogP contribution is 2.28. The molecule has 1 aromatic carbocycles. The van der Waals surface area contributed by atoms with Gasteiger partial charge in [-0.2, -0.15) is 0 Å². The Kier molecular flexibility index (Phi) is 4.44. The van der Waals surface area contributed by atoms with E-state index in [9.17, 15) is 4.39 Å². The van der Waals surface area contributed by atoms with Crippen LogP contribution in [0.15, 0.2) is 24.3 Å². The number of nitrogens with one attached hydrogen (secondary N) is 1. The zero-order valence-electron chi connectivity index (χ0n) is 10.7. The van der Waals surface area contributed by atoms with Crippen molar-refractivity contribution in [3.8, 4) is 10.6 Å². The van der Waals surface area contributed by atoms with Crippen LogP contribution in [0.1, 0.15) is 23.9 Å². The van der Waals surface area contributed by atoms with Gasteiger partial charge in [-0.25, -0.2) is 9.37 Å². The number of hydrogen-bond acceptors (Lipinski definition) is 3. The van der Waals surface area contributed by atoms with Crippen LogP contribution in [-0.4, -0.2) is 11.5 Å². The Labute approximate surface area is 111 Å². The predicted octanol–water partition coefficient (Wildman–Crippen LogP) is 3.76. The van der Waals surface area contributed by atoms with Gasteiger partial charge < -0.3 is 5.32 Å². The molecular formula is C14H17FN2S. The summed E-state index contributed by atoms with van der Waals surface area (Å²) in [4.78, 5) is 5.74. The van der Waals surface area contributed by atoms with Crippen LogP contribution in [0.2, 0.25) is 0 Å². The van der Waals surface area contributed by atoms with Crippen LogP contribution >= 0.6 is 11.3 Å². The van der Waals surface area contributed by atoms with Gasteiger partial charge in [0.05, 0.1) is 5.69 Å². The van der Waals surface area contributed by atoms with Crippen molar-refractivity contribution in [2.75, 3.05) is 6.54 Å². The number of halogens is 1. The summed E-state index contributed by atoms with van der Waals surface area (Å²) in [5, 5.41) is 4.25. The molecule has 2 nitrogen and oxygen atoms in total. The van der Waals surface area contributed by atoms with Gasteiger partial charge in [0.1, 0.15) is 10.8 Å². The second-order valence-electron chi connectivity index (χ2n) is 4.21. The van der Waals surface area contributed by atoms with Crippen LogP contribution in [-0.2, 0) is 6.54 Å². The minimum atomic E-state index is -0.217. The Morgan fingerprint density at radius 1 is 1.39 bits per heavy atom. The Morgan fingerprint density at radius 3 is 2.94 bits per heavy atom. The van der Waals surface area contributed by atoms with Crippen molar-refractivity contribution in [2.45, 2.75) is 26.8 Å². The first kappa shape index (κ1) is 13.2. The highest BCUT2D eigenvalue weighted by atomic mass is 32.1. The van der Waals surface area contributed by atoms with Crippen LogP contribution in [0.3, 0.4) is 0 Å². The smallest absolute Gasteiger partial charge is 0.124 e. The van der Waals surface area contributed by atoms with E-state index in [0.717, 1.165) is 35.8 Å². The molecule has 0 aliphatic heterocycles. The Balaban J connectivity index is 2.18. The van der Waals surface area contributed by atoms with Crippen molar-refractivity contribution in [3.05, 3.63) is 40.7 Å². The highest BCUT2D eigenvalue weighted by molar-refractivity contribution is 7.15. The van der Waals surface area contributed by atoms with Crippen LogP contribution in [0, 0.1) is 12.7 Å². The van der Waals surface area contributed by atoms with Crippen molar-refractivity contribution in [3.63, 3.8) is 0 Å². The molecule has 0 saturated heterocycles. The summed E-state index contributed by atoms with van der Waals surface area (Å²) in [5.74, 6) is -0.217. The summed E-state index contributed by atoms with van der Waals surface area (Å²) >= 11 is 1.63. The number of rotatable bonds is 5. The minimum Gasteiger partial charge on any atom is -0.312 e. The quantitative estimate of drug-likeness (QED) is 0.832. The van der Waals surface area contributed by atoms with E-state index in [2.05, 4.69) is 17.2 Å². The molecule has 0 atom stereocenters. The van der Waals surface area contributed by atoms with Crippen LogP contribution in [0.4, 0.5) is 4.39 Å². The molecule has 2 aromatic rings. The molecular weight excluding hydrogens is 247 g/mol. The molecule has 0 fully saturated rings. The summed E-state index contributed by atoms with van der Waals surface area (Å²) in [6.07, 6.45) is 1.12. The molecule has 0 spiro atoms. The van der Waals surface area contributed by atoms with Crippen molar-refractivity contribution in [2.24, 2.45) is 0 Å². The molecule has 1 aromatic heterocycles. The van der Waals surface area contributed by atoms with Crippen molar-refractivity contribution < 1.29 is 4.39 Å². The lowest BCUT2D eigenvalue weighted by atomic mass is 10.2. The van der Waals surface area contributed by atoms with Gasteiger partial charge in [0.2, 0.25) is 0 Å². The second-order valence-corrected chi connectivity index (χ2v) is 5.30. The number of nitrogens with zero attached hydrogens (tertiary/aromatic N) is 1. The average molecular weight is 264 g/mol. The van der Waals surface area contributed by atoms with E-state index in [1.807, 2.05) is 13.0 Å². The van der Waals surface area contributed by atoms with E-state index < -0.39 is 0 Å². The first-order valence-electron chi connectivity index (χ1n) is 6.13. The lowest BCUT2D eigenvalue weighted by Gasteiger charge is -1.99. The van der Waals surface area contributed by atoms with Gasteiger partial charge >= 0.3 is 0 Å². The Morgan fingerprint density at radius 2 is 2.22 bits per heavy atom. The van der Waals surface area contributed by atoms with Gasteiger partial charge in [-0.05, 0) is 32.0 Å². The second kappa shape index (κ2) is 6.07. The summed E-state index contributed by atoms with van der Waals surface area (Å²) in [7, 11) is 0. The third kappa shape index (κ3) is 3.15. The van der Waals surface area contributed by atoms with E-state index in [-0.39, 0.29) is 5.82 Å². The monoisotopic (exact) mass is 264 g/mol. The average Bonchev–Trinajstić information content (AvgIpc) is 2.72. The molecule has 0 aliphatic rings. The third-order valence-corrected chi connectivity index (χ3v) is 3.88. The van der Waals surface area contributed by atoms with Gasteiger partial charge in [0.15, 0.2) is 0 Å². The lowest BCUT2D eigenvalue weighted by molar-refractivity contribution is 0.628. The third-order valence-electron chi connectivity index (χ3n) is 2.68. The topological polar surface area (TPSA) is 24.9 Å². The van der Waals surface area contributed by atoms with Gasteiger partial charge in [0, 0.05) is 17.0 Å². The van der Waals surface area contributed by atoms with Gasteiger partial charge in [-0.3, -0.25) is 0 Å². The van der Waals surface area contributed by atoms with Crippen LogP contribution in [0.5, 0.6) is 0 Å². The summed E-state index contributed by atoms with van der Waals surface area (Å²) in [5.41, 5.74) is 1.88. The predicted molar refractivity (Wildman–Crippen MR) is 74.2 cm³/mol. The highest BCUT2D eigenvalue weighted by Gasteiger charge is 2.09. The number of thiazole rings is 1. The molecule has 0 bridgehead atoms. The standard InChI is InChI=1S/C14H17FN2S/c1-3-7-16-9-13-10(2)17-14(18-13)11-5-4-6-12(15)8-11/h4-6,8,16H,3,7,9H2,1-2H3. The number of benzene rings is 1. The lowest BCUT2D eigenvalue weighted by Crippen LogP contribution is -2.13. The van der Waals surface area contributed by atoms with Crippen LogP contribution in [0.25, 0.3) is 10.6 Å². The molecule has 4 heteroatoms. The molecule has 0 radical (unpaired) electrons. The molecule has 2 rings (SSSR count). The van der Waals surface area contributed by atoms with E-state index >= 15 is 0 Å². The van der Waals surface area contributed by atoms with Crippen molar-refractivity contribution >= 4 is 11.3 Å². The number of hydrogen-bond donors (Lipinski definition) is 1. The van der Waals surface area contributed by atoms with Gasteiger partial charge in [0.25, 0.3) is 0 Å². The zero-order valence-corrected chi connectivity index (χ0v) is 11.5. The largest absolute Gasteiger partial charge is 0.312 e. The molecule has 96 valence electrons. The molecule has 0 amide bonds. The minimum absolute atomic E-state index is 0.217. The molecule has 18 heavy (non-hydrogen) atoms. The van der Waals surface area contributed by atoms with Gasteiger partial charge in [-0.1, -0.05) is 19.1 Å². The molecule has 0 aliphatic carbocycles. The van der Waals surface area contributed by atoms with E-state index in [1.165, 1.54) is 17.0 Å². The Hall–Kier alpha value is -1.26. The van der Waals surface area contributed by atoms with Crippen molar-refractivity contribution in [1.29, 1.82) is 0 Å². The number of aryl methyl sites for hydroxylation is 1. The maximum Gasteiger partial charge on any atom is 0.124 e. The SMILES string of the molecule is CCCNCc1sc(-c2cccc(F)c2)nc1C. The fraction of sp³-hybridized carbons (Fsp3) is 0.357.